The Hall–Kier alpha value is -1.02. The van der Waals surface area contributed by atoms with E-state index in [0.717, 1.165) is 51.4 Å². The van der Waals surface area contributed by atoms with Gasteiger partial charge in [0.1, 0.15) is 0 Å². The number of nitro groups is 1. The highest BCUT2D eigenvalue weighted by atomic mass is 79.9. The summed E-state index contributed by atoms with van der Waals surface area (Å²) in [5.74, 6) is 0. The fraction of sp³-hybridized carbons (Fsp3) is 0.571. The van der Waals surface area contributed by atoms with Crippen LogP contribution in [0.15, 0.2) is 22.7 Å². The van der Waals surface area contributed by atoms with Crippen LogP contribution in [0, 0.1) is 10.1 Å². The second-order valence-electron chi connectivity index (χ2n) is 5.63. The molecule has 0 unspecified atom stereocenters. The van der Waals surface area contributed by atoms with Gasteiger partial charge in [-0.25, -0.2) is 0 Å². The number of hydrogen-bond donors (Lipinski definition) is 1. The second-order valence-corrected chi connectivity index (χ2v) is 6.42. The van der Waals surface area contributed by atoms with Crippen LogP contribution in [0.4, 0.5) is 5.69 Å². The van der Waals surface area contributed by atoms with Crippen molar-refractivity contribution in [3.8, 4) is 0 Å². The van der Waals surface area contributed by atoms with E-state index in [1.807, 2.05) is 6.07 Å². The van der Waals surface area contributed by atoms with Crippen LogP contribution in [-0.4, -0.2) is 60.0 Å². The maximum Gasteiger partial charge on any atom is 0.283 e. The van der Waals surface area contributed by atoms with Gasteiger partial charge in [-0.15, -0.1) is 0 Å². The van der Waals surface area contributed by atoms with Gasteiger partial charge in [0.15, 0.2) is 0 Å². The van der Waals surface area contributed by atoms with Gasteiger partial charge in [-0.1, -0.05) is 12.1 Å². The van der Waals surface area contributed by atoms with Crippen molar-refractivity contribution < 1.29 is 4.92 Å². The average molecular weight is 355 g/mol. The minimum Gasteiger partial charge on any atom is -0.314 e. The highest BCUT2D eigenvalue weighted by Gasteiger charge is 2.28. The first-order valence-electron chi connectivity index (χ1n) is 7.24. The highest BCUT2D eigenvalue weighted by molar-refractivity contribution is 9.10. The molecule has 0 saturated carbocycles. The monoisotopic (exact) mass is 354 g/mol. The average Bonchev–Trinajstić information content (AvgIpc) is 2.41. The lowest BCUT2D eigenvalue weighted by molar-refractivity contribution is -0.385. The SMILES string of the molecule is O=[N+]([O-])c1cccc(CN2CCN(C3CNC3)CC2)c1Br. The van der Waals surface area contributed by atoms with E-state index in [4.69, 9.17) is 0 Å². The molecule has 2 aliphatic heterocycles. The Morgan fingerprint density at radius 1 is 1.29 bits per heavy atom. The fourth-order valence-electron chi connectivity index (χ4n) is 2.89. The summed E-state index contributed by atoms with van der Waals surface area (Å²) in [5, 5.41) is 14.3. The molecule has 0 atom stereocenters. The summed E-state index contributed by atoms with van der Waals surface area (Å²) in [5.41, 5.74) is 1.13. The predicted octanol–water partition coefficient (Wildman–Crippen LogP) is 1.45. The van der Waals surface area contributed by atoms with Crippen LogP contribution >= 0.6 is 15.9 Å². The molecular formula is C14H19BrN4O2. The molecule has 114 valence electrons. The summed E-state index contributed by atoms with van der Waals surface area (Å²) in [4.78, 5) is 15.5. The van der Waals surface area contributed by atoms with E-state index in [9.17, 15) is 10.1 Å². The molecule has 0 amide bonds. The molecule has 2 heterocycles. The summed E-state index contributed by atoms with van der Waals surface area (Å²) in [6.07, 6.45) is 0. The molecule has 7 heteroatoms. The quantitative estimate of drug-likeness (QED) is 0.654. The van der Waals surface area contributed by atoms with Crippen LogP contribution in [0.5, 0.6) is 0 Å². The number of benzene rings is 1. The standard InChI is InChI=1S/C14H19BrN4O2/c15-14-11(2-1-3-13(14)19(20)21)10-17-4-6-18(7-5-17)12-8-16-9-12/h1-3,12,16H,4-10H2. The van der Waals surface area contributed by atoms with Gasteiger partial charge in [0.05, 0.1) is 9.40 Å². The summed E-state index contributed by atoms with van der Waals surface area (Å²) in [6, 6.07) is 5.96. The van der Waals surface area contributed by atoms with Crippen molar-refractivity contribution in [2.45, 2.75) is 12.6 Å². The molecule has 6 nitrogen and oxygen atoms in total. The molecule has 0 spiro atoms. The second kappa shape index (κ2) is 6.39. The maximum atomic E-state index is 11.0. The number of halogens is 1. The molecule has 0 aliphatic carbocycles. The molecule has 1 aromatic rings. The van der Waals surface area contributed by atoms with Gasteiger partial charge in [0, 0.05) is 57.9 Å². The highest BCUT2D eigenvalue weighted by Crippen LogP contribution is 2.29. The Bertz CT molecular complexity index is 528. The van der Waals surface area contributed by atoms with E-state index in [-0.39, 0.29) is 10.6 Å². The van der Waals surface area contributed by atoms with Gasteiger partial charge in [0.2, 0.25) is 0 Å². The Labute approximate surface area is 132 Å². The van der Waals surface area contributed by atoms with Gasteiger partial charge < -0.3 is 5.32 Å². The lowest BCUT2D eigenvalue weighted by atomic mass is 10.1. The first kappa shape index (κ1) is 14.9. The number of hydrogen-bond acceptors (Lipinski definition) is 5. The Morgan fingerprint density at radius 2 is 2.00 bits per heavy atom. The first-order valence-corrected chi connectivity index (χ1v) is 8.03. The third kappa shape index (κ3) is 3.26. The first-order chi connectivity index (χ1) is 10.1. The topological polar surface area (TPSA) is 61.7 Å². The largest absolute Gasteiger partial charge is 0.314 e. The molecule has 0 aromatic heterocycles. The molecule has 0 radical (unpaired) electrons. The summed E-state index contributed by atoms with van der Waals surface area (Å²) in [7, 11) is 0. The van der Waals surface area contributed by atoms with Crippen molar-refractivity contribution in [1.29, 1.82) is 0 Å². The van der Waals surface area contributed by atoms with Crippen LogP contribution in [0.3, 0.4) is 0 Å². The Balaban J connectivity index is 1.60. The summed E-state index contributed by atoms with van der Waals surface area (Å²) >= 11 is 3.38. The van der Waals surface area contributed by atoms with E-state index >= 15 is 0 Å². The smallest absolute Gasteiger partial charge is 0.283 e. The van der Waals surface area contributed by atoms with E-state index in [1.54, 1.807) is 6.07 Å². The zero-order chi connectivity index (χ0) is 14.8. The van der Waals surface area contributed by atoms with E-state index in [1.165, 1.54) is 6.07 Å². The van der Waals surface area contributed by atoms with Gasteiger partial charge in [-0.2, -0.15) is 0 Å². The number of nitrogens with zero attached hydrogens (tertiary/aromatic N) is 3. The lowest BCUT2D eigenvalue weighted by Crippen LogP contribution is -2.61. The molecule has 1 aromatic carbocycles. The van der Waals surface area contributed by atoms with Gasteiger partial charge in [-0.05, 0) is 21.5 Å². The van der Waals surface area contributed by atoms with Gasteiger partial charge in [-0.3, -0.25) is 19.9 Å². The van der Waals surface area contributed by atoms with Crippen LogP contribution in [0.25, 0.3) is 0 Å². The van der Waals surface area contributed by atoms with E-state index in [2.05, 4.69) is 31.0 Å². The number of rotatable bonds is 4. The van der Waals surface area contributed by atoms with Crippen LogP contribution in [0.1, 0.15) is 5.56 Å². The van der Waals surface area contributed by atoms with Gasteiger partial charge >= 0.3 is 0 Å². The minimum atomic E-state index is -0.338. The fourth-order valence-corrected chi connectivity index (χ4v) is 3.42. The molecule has 1 N–H and O–H groups in total. The van der Waals surface area contributed by atoms with Gasteiger partial charge in [0.25, 0.3) is 5.69 Å². The zero-order valence-electron chi connectivity index (χ0n) is 11.8. The molecular weight excluding hydrogens is 336 g/mol. The molecule has 3 rings (SSSR count). The van der Waals surface area contributed by atoms with Crippen LogP contribution < -0.4 is 5.32 Å². The third-order valence-electron chi connectivity index (χ3n) is 4.33. The number of nitrogens with one attached hydrogen (secondary N) is 1. The Kier molecular flexibility index (Phi) is 4.54. The van der Waals surface area contributed by atoms with Crippen molar-refractivity contribution >= 4 is 21.6 Å². The molecule has 21 heavy (non-hydrogen) atoms. The van der Waals surface area contributed by atoms with Crippen LogP contribution in [0.2, 0.25) is 0 Å². The Morgan fingerprint density at radius 3 is 2.57 bits per heavy atom. The van der Waals surface area contributed by atoms with Crippen molar-refractivity contribution in [2.75, 3.05) is 39.3 Å². The summed E-state index contributed by atoms with van der Waals surface area (Å²) in [6.45, 7) is 7.18. The normalized spacial score (nSPS) is 21.2. The minimum absolute atomic E-state index is 0.145. The predicted molar refractivity (Wildman–Crippen MR) is 84.3 cm³/mol. The molecule has 2 saturated heterocycles. The van der Waals surface area contributed by atoms with Crippen LogP contribution in [-0.2, 0) is 6.54 Å². The number of nitro benzene ring substituents is 1. The number of piperazine rings is 1. The van der Waals surface area contributed by atoms with Crippen molar-refractivity contribution in [3.63, 3.8) is 0 Å². The van der Waals surface area contributed by atoms with E-state index < -0.39 is 0 Å². The molecule has 2 fully saturated rings. The van der Waals surface area contributed by atoms with E-state index in [0.29, 0.717) is 10.5 Å². The third-order valence-corrected chi connectivity index (χ3v) is 5.25. The van der Waals surface area contributed by atoms with Crippen molar-refractivity contribution in [2.24, 2.45) is 0 Å². The lowest BCUT2D eigenvalue weighted by Gasteiger charge is -2.43. The van der Waals surface area contributed by atoms with Crippen molar-refractivity contribution in [3.05, 3.63) is 38.3 Å². The van der Waals surface area contributed by atoms with Crippen molar-refractivity contribution in [1.82, 2.24) is 15.1 Å². The molecule has 2 aliphatic rings. The summed E-state index contributed by atoms with van der Waals surface area (Å²) < 4.78 is 0.612. The molecule has 0 bridgehead atoms. The zero-order valence-corrected chi connectivity index (χ0v) is 13.4. The maximum absolute atomic E-state index is 11.0.